The van der Waals surface area contributed by atoms with Crippen LogP contribution in [0.2, 0.25) is 0 Å². The van der Waals surface area contributed by atoms with E-state index < -0.39 is 0 Å². The maximum Gasteiger partial charge on any atom is 0.160 e. The Morgan fingerprint density at radius 1 is 1.10 bits per heavy atom. The van der Waals surface area contributed by atoms with Gasteiger partial charge in [-0.05, 0) is 35.4 Å². The second-order valence-electron chi connectivity index (χ2n) is 4.64. The van der Waals surface area contributed by atoms with E-state index >= 15 is 0 Å². The average molecular weight is 282 g/mol. The van der Waals surface area contributed by atoms with Crippen LogP contribution >= 0.6 is 0 Å². The molecule has 0 saturated heterocycles. The van der Waals surface area contributed by atoms with E-state index in [1.54, 1.807) is 24.3 Å². The van der Waals surface area contributed by atoms with Crippen molar-refractivity contribution in [2.45, 2.75) is 5.92 Å². The van der Waals surface area contributed by atoms with Crippen LogP contribution in [0.1, 0.15) is 17.0 Å². The molecule has 108 valence electrons. The Balaban J connectivity index is 2.19. The standard InChI is InChI=1S/C18H18O3/c1-3-14(15-7-9-16(19)10-8-15)6-4-13-5-11-18(21-2)17(20)12-13/h3-12,14,19-20H,1H2,2H3/t14-/m1/s1. The Kier molecular flexibility index (Phi) is 4.67. The van der Waals surface area contributed by atoms with Crippen molar-refractivity contribution in [2.75, 3.05) is 7.11 Å². The lowest BCUT2D eigenvalue weighted by Crippen LogP contribution is -1.90. The number of hydrogen-bond acceptors (Lipinski definition) is 3. The van der Waals surface area contributed by atoms with Crippen molar-refractivity contribution >= 4 is 6.08 Å². The molecule has 0 radical (unpaired) electrons. The first-order valence-electron chi connectivity index (χ1n) is 6.60. The minimum absolute atomic E-state index is 0.0369. The van der Waals surface area contributed by atoms with Crippen molar-refractivity contribution < 1.29 is 14.9 Å². The summed E-state index contributed by atoms with van der Waals surface area (Å²) in [7, 11) is 1.52. The third-order valence-electron chi connectivity index (χ3n) is 3.23. The third-order valence-corrected chi connectivity index (χ3v) is 3.23. The molecule has 2 aromatic rings. The molecular weight excluding hydrogens is 264 g/mol. The van der Waals surface area contributed by atoms with Crippen LogP contribution in [0.4, 0.5) is 0 Å². The van der Waals surface area contributed by atoms with Crippen LogP contribution in [0.15, 0.2) is 61.2 Å². The van der Waals surface area contributed by atoms with Crippen molar-refractivity contribution in [3.05, 3.63) is 72.3 Å². The molecule has 21 heavy (non-hydrogen) atoms. The maximum absolute atomic E-state index is 9.75. The number of rotatable bonds is 5. The van der Waals surface area contributed by atoms with E-state index in [4.69, 9.17) is 4.74 Å². The van der Waals surface area contributed by atoms with Crippen LogP contribution in [0.25, 0.3) is 6.08 Å². The monoisotopic (exact) mass is 282 g/mol. The minimum Gasteiger partial charge on any atom is -0.508 e. The summed E-state index contributed by atoms with van der Waals surface area (Å²) in [5.74, 6) is 0.839. The van der Waals surface area contributed by atoms with Crippen molar-refractivity contribution in [3.8, 4) is 17.2 Å². The first-order valence-corrected chi connectivity index (χ1v) is 6.60. The molecule has 3 nitrogen and oxygen atoms in total. The van der Waals surface area contributed by atoms with Crippen LogP contribution in [-0.2, 0) is 0 Å². The van der Waals surface area contributed by atoms with E-state index in [1.165, 1.54) is 7.11 Å². The van der Waals surface area contributed by atoms with E-state index in [2.05, 4.69) is 6.58 Å². The molecule has 0 heterocycles. The van der Waals surface area contributed by atoms with Gasteiger partial charge in [0, 0.05) is 5.92 Å². The molecule has 2 aromatic carbocycles. The van der Waals surface area contributed by atoms with Crippen LogP contribution in [0.5, 0.6) is 17.2 Å². The fourth-order valence-corrected chi connectivity index (χ4v) is 2.05. The molecule has 2 rings (SSSR count). The predicted octanol–water partition coefficient (Wildman–Crippen LogP) is 4.09. The fourth-order valence-electron chi connectivity index (χ4n) is 2.05. The summed E-state index contributed by atoms with van der Waals surface area (Å²) in [5.41, 5.74) is 1.91. The van der Waals surface area contributed by atoms with Crippen molar-refractivity contribution in [3.63, 3.8) is 0 Å². The molecule has 0 aromatic heterocycles. The highest BCUT2D eigenvalue weighted by atomic mass is 16.5. The van der Waals surface area contributed by atoms with Gasteiger partial charge in [0.05, 0.1) is 7.11 Å². The topological polar surface area (TPSA) is 49.7 Å². The molecule has 0 aliphatic rings. The molecule has 2 N–H and O–H groups in total. The molecule has 0 aliphatic carbocycles. The Labute approximate surface area is 124 Å². The summed E-state index contributed by atoms with van der Waals surface area (Å²) in [6, 6.07) is 12.3. The van der Waals surface area contributed by atoms with E-state index in [9.17, 15) is 10.2 Å². The number of phenolic OH excluding ortho intramolecular Hbond substituents is 2. The SMILES string of the molecule is C=C[C@H](C=Cc1ccc(OC)c(O)c1)c1ccc(O)cc1. The van der Waals surface area contributed by atoms with Crippen molar-refractivity contribution in [2.24, 2.45) is 0 Å². The van der Waals surface area contributed by atoms with Gasteiger partial charge < -0.3 is 14.9 Å². The Hall–Kier alpha value is -2.68. The van der Waals surface area contributed by atoms with Crippen LogP contribution < -0.4 is 4.74 Å². The minimum atomic E-state index is 0.0369. The zero-order chi connectivity index (χ0) is 15.2. The van der Waals surface area contributed by atoms with Gasteiger partial charge in [-0.1, -0.05) is 36.4 Å². The quantitative estimate of drug-likeness (QED) is 0.812. The highest BCUT2D eigenvalue weighted by molar-refractivity contribution is 5.56. The smallest absolute Gasteiger partial charge is 0.160 e. The van der Waals surface area contributed by atoms with Crippen LogP contribution in [0, 0.1) is 0 Å². The first kappa shape index (κ1) is 14.7. The van der Waals surface area contributed by atoms with Gasteiger partial charge in [0.2, 0.25) is 0 Å². The molecule has 0 spiro atoms. The average Bonchev–Trinajstić information content (AvgIpc) is 2.49. The van der Waals surface area contributed by atoms with E-state index in [0.29, 0.717) is 5.75 Å². The zero-order valence-corrected chi connectivity index (χ0v) is 11.9. The lowest BCUT2D eigenvalue weighted by molar-refractivity contribution is 0.373. The number of benzene rings is 2. The van der Waals surface area contributed by atoms with E-state index in [1.807, 2.05) is 36.4 Å². The van der Waals surface area contributed by atoms with E-state index in [0.717, 1.165) is 11.1 Å². The second kappa shape index (κ2) is 6.66. The van der Waals surface area contributed by atoms with Gasteiger partial charge in [-0.25, -0.2) is 0 Å². The molecule has 0 unspecified atom stereocenters. The fraction of sp³-hybridized carbons (Fsp3) is 0.111. The van der Waals surface area contributed by atoms with Crippen molar-refractivity contribution in [1.29, 1.82) is 0 Å². The predicted molar refractivity (Wildman–Crippen MR) is 84.7 cm³/mol. The normalized spacial score (nSPS) is 12.2. The highest BCUT2D eigenvalue weighted by Crippen LogP contribution is 2.28. The molecule has 0 saturated carbocycles. The Bertz CT molecular complexity index is 642. The summed E-state index contributed by atoms with van der Waals surface area (Å²) >= 11 is 0. The van der Waals surface area contributed by atoms with Gasteiger partial charge in [0.1, 0.15) is 5.75 Å². The van der Waals surface area contributed by atoms with Gasteiger partial charge in [-0.3, -0.25) is 0 Å². The molecule has 0 bridgehead atoms. The number of hydrogen-bond donors (Lipinski definition) is 2. The molecule has 3 heteroatoms. The summed E-state index contributed by atoms with van der Waals surface area (Å²) in [4.78, 5) is 0. The van der Waals surface area contributed by atoms with Gasteiger partial charge in [0.15, 0.2) is 11.5 Å². The molecule has 0 aliphatic heterocycles. The number of aromatic hydroxyl groups is 2. The van der Waals surface area contributed by atoms with Crippen LogP contribution in [0.3, 0.4) is 0 Å². The lowest BCUT2D eigenvalue weighted by atomic mass is 9.98. The Morgan fingerprint density at radius 2 is 1.81 bits per heavy atom. The summed E-state index contributed by atoms with van der Waals surface area (Å²) in [6.45, 7) is 3.83. The maximum atomic E-state index is 9.75. The molecule has 0 amide bonds. The number of allylic oxidation sites excluding steroid dienone is 2. The van der Waals surface area contributed by atoms with Crippen LogP contribution in [-0.4, -0.2) is 17.3 Å². The third kappa shape index (κ3) is 3.66. The van der Waals surface area contributed by atoms with E-state index in [-0.39, 0.29) is 17.4 Å². The first-order chi connectivity index (χ1) is 10.1. The largest absolute Gasteiger partial charge is 0.508 e. The number of methoxy groups -OCH3 is 1. The van der Waals surface area contributed by atoms with Gasteiger partial charge >= 0.3 is 0 Å². The van der Waals surface area contributed by atoms with Crippen molar-refractivity contribution in [1.82, 2.24) is 0 Å². The lowest BCUT2D eigenvalue weighted by Gasteiger charge is -2.08. The molecule has 0 fully saturated rings. The van der Waals surface area contributed by atoms with Gasteiger partial charge in [0.25, 0.3) is 0 Å². The number of ether oxygens (including phenoxy) is 1. The second-order valence-corrected chi connectivity index (χ2v) is 4.64. The highest BCUT2D eigenvalue weighted by Gasteiger charge is 2.04. The summed E-state index contributed by atoms with van der Waals surface area (Å²) in [6.07, 6.45) is 5.73. The Morgan fingerprint density at radius 3 is 2.38 bits per heavy atom. The van der Waals surface area contributed by atoms with Gasteiger partial charge in [-0.15, -0.1) is 6.58 Å². The zero-order valence-electron chi connectivity index (χ0n) is 11.9. The number of phenols is 2. The van der Waals surface area contributed by atoms with Gasteiger partial charge in [-0.2, -0.15) is 0 Å². The summed E-state index contributed by atoms with van der Waals surface area (Å²) < 4.78 is 5.01. The summed E-state index contributed by atoms with van der Waals surface area (Å²) in [5, 5.41) is 19.1. The molecular formula is C18H18O3. The molecule has 1 atom stereocenters.